The minimum Gasteiger partial charge on any atom is -0.465 e. The Morgan fingerprint density at radius 3 is 2.52 bits per heavy atom. The Labute approximate surface area is 137 Å². The molecule has 1 N–H and O–H groups in total. The third kappa shape index (κ3) is 5.65. The van der Waals surface area contributed by atoms with Gasteiger partial charge >= 0.3 is 5.97 Å². The molecule has 128 valence electrons. The molecule has 0 aliphatic heterocycles. The quantitative estimate of drug-likeness (QED) is 0.587. The Morgan fingerprint density at radius 2 is 1.91 bits per heavy atom. The maximum atomic E-state index is 12.1. The molecule has 1 aromatic rings. The van der Waals surface area contributed by atoms with E-state index < -0.39 is 12.1 Å². The molecular formula is C17H25NO5. The van der Waals surface area contributed by atoms with Gasteiger partial charge in [-0.25, -0.2) is 4.79 Å². The second-order valence-electron chi connectivity index (χ2n) is 5.16. The van der Waals surface area contributed by atoms with Crippen LogP contribution in [0.1, 0.15) is 35.3 Å². The van der Waals surface area contributed by atoms with Gasteiger partial charge in [0.15, 0.2) is 0 Å². The number of rotatable bonds is 8. The second-order valence-corrected chi connectivity index (χ2v) is 5.16. The summed E-state index contributed by atoms with van der Waals surface area (Å²) in [5.41, 5.74) is 2.70. The zero-order chi connectivity index (χ0) is 17.4. The van der Waals surface area contributed by atoms with Crippen molar-refractivity contribution >= 4 is 17.6 Å². The zero-order valence-corrected chi connectivity index (χ0v) is 14.4. The number of hydrogen-bond acceptors (Lipinski definition) is 5. The summed E-state index contributed by atoms with van der Waals surface area (Å²) in [6.07, 6.45) is -0.612. The van der Waals surface area contributed by atoms with Crippen molar-refractivity contribution in [2.45, 2.75) is 33.8 Å². The Bertz CT molecular complexity index is 556. The molecule has 0 radical (unpaired) electrons. The molecule has 0 aliphatic rings. The van der Waals surface area contributed by atoms with Gasteiger partial charge in [0.2, 0.25) is 0 Å². The molecule has 6 nitrogen and oxygen atoms in total. The monoisotopic (exact) mass is 323 g/mol. The third-order valence-electron chi connectivity index (χ3n) is 3.51. The van der Waals surface area contributed by atoms with Crippen LogP contribution in [0.25, 0.3) is 0 Å². The number of ether oxygens (including phenoxy) is 3. The van der Waals surface area contributed by atoms with Crippen LogP contribution < -0.4 is 5.32 Å². The fourth-order valence-corrected chi connectivity index (χ4v) is 2.00. The van der Waals surface area contributed by atoms with Gasteiger partial charge in [-0.05, 0) is 51.0 Å². The Kier molecular flexibility index (Phi) is 7.71. The molecule has 0 bridgehead atoms. The average Bonchev–Trinajstić information content (AvgIpc) is 2.53. The average molecular weight is 323 g/mol. The van der Waals surface area contributed by atoms with Crippen molar-refractivity contribution in [2.75, 3.05) is 32.2 Å². The van der Waals surface area contributed by atoms with Crippen molar-refractivity contribution in [3.05, 3.63) is 28.8 Å². The highest BCUT2D eigenvalue weighted by molar-refractivity contribution is 5.97. The first-order chi connectivity index (χ1) is 10.9. The van der Waals surface area contributed by atoms with Crippen molar-refractivity contribution in [3.63, 3.8) is 0 Å². The highest BCUT2D eigenvalue weighted by atomic mass is 16.5. The van der Waals surface area contributed by atoms with E-state index in [1.807, 2.05) is 26.8 Å². The first-order valence-electron chi connectivity index (χ1n) is 7.60. The maximum Gasteiger partial charge on any atom is 0.338 e. The van der Waals surface area contributed by atoms with Crippen molar-refractivity contribution < 1.29 is 23.8 Å². The number of amides is 1. The maximum absolute atomic E-state index is 12.1. The fourth-order valence-electron chi connectivity index (χ4n) is 2.00. The van der Waals surface area contributed by atoms with Gasteiger partial charge in [-0.3, -0.25) is 4.79 Å². The summed E-state index contributed by atoms with van der Waals surface area (Å²) in [4.78, 5) is 23.9. The number of carbonyl (C=O) groups is 2. The fraction of sp³-hybridized carbons (Fsp3) is 0.529. The lowest BCUT2D eigenvalue weighted by atomic mass is 10.0. The van der Waals surface area contributed by atoms with E-state index in [1.54, 1.807) is 13.0 Å². The van der Waals surface area contributed by atoms with Crippen LogP contribution in [0.15, 0.2) is 12.1 Å². The van der Waals surface area contributed by atoms with E-state index in [0.29, 0.717) is 31.1 Å². The Hall–Kier alpha value is -1.92. The van der Waals surface area contributed by atoms with E-state index >= 15 is 0 Å². The summed E-state index contributed by atoms with van der Waals surface area (Å²) >= 11 is 0. The van der Waals surface area contributed by atoms with E-state index in [4.69, 9.17) is 14.2 Å². The summed E-state index contributed by atoms with van der Waals surface area (Å²) in [6, 6.07) is 3.42. The van der Waals surface area contributed by atoms with Crippen LogP contribution in [0, 0.1) is 13.8 Å². The minimum absolute atomic E-state index is 0.277. The predicted octanol–water partition coefficient (Wildman–Crippen LogP) is 2.47. The number of nitrogens with one attached hydrogen (secondary N) is 1. The van der Waals surface area contributed by atoms with Gasteiger partial charge in [0.1, 0.15) is 6.10 Å². The van der Waals surface area contributed by atoms with Gasteiger partial charge in [-0.1, -0.05) is 0 Å². The van der Waals surface area contributed by atoms with Crippen molar-refractivity contribution in [3.8, 4) is 0 Å². The molecule has 1 amide bonds. The number of esters is 1. The van der Waals surface area contributed by atoms with Crippen molar-refractivity contribution in [1.82, 2.24) is 0 Å². The van der Waals surface area contributed by atoms with E-state index in [1.165, 1.54) is 7.11 Å². The van der Waals surface area contributed by atoms with Crippen LogP contribution in [0.5, 0.6) is 0 Å². The summed E-state index contributed by atoms with van der Waals surface area (Å²) in [5, 5.41) is 2.76. The number of hydrogen-bond donors (Lipinski definition) is 1. The van der Waals surface area contributed by atoms with Gasteiger partial charge in [-0.15, -0.1) is 0 Å². The first kappa shape index (κ1) is 19.1. The van der Waals surface area contributed by atoms with Gasteiger partial charge in [0, 0.05) is 12.3 Å². The molecule has 0 fully saturated rings. The minimum atomic E-state index is -0.612. The molecule has 1 aromatic carbocycles. The molecule has 0 aliphatic carbocycles. The molecule has 0 spiro atoms. The number of aryl methyl sites for hydroxylation is 1. The Morgan fingerprint density at radius 1 is 1.22 bits per heavy atom. The standard InChI is InChI=1S/C17H25NO5/c1-6-22-7-8-23-13(4)16(19)18-14-9-11(2)12(3)15(10-14)17(20)21-5/h9-10,13H,6-8H2,1-5H3,(H,18,19)/t13-/m0/s1. The molecule has 23 heavy (non-hydrogen) atoms. The molecule has 0 aromatic heterocycles. The summed E-state index contributed by atoms with van der Waals surface area (Å²) in [5.74, 6) is -0.705. The van der Waals surface area contributed by atoms with Crippen LogP contribution >= 0.6 is 0 Å². The van der Waals surface area contributed by atoms with E-state index in [2.05, 4.69) is 5.32 Å². The lowest BCUT2D eigenvalue weighted by molar-refractivity contribution is -0.127. The predicted molar refractivity (Wildman–Crippen MR) is 87.8 cm³/mol. The smallest absolute Gasteiger partial charge is 0.338 e. The van der Waals surface area contributed by atoms with Crippen molar-refractivity contribution in [2.24, 2.45) is 0 Å². The topological polar surface area (TPSA) is 73.9 Å². The number of methoxy groups -OCH3 is 1. The first-order valence-corrected chi connectivity index (χ1v) is 7.60. The third-order valence-corrected chi connectivity index (χ3v) is 3.51. The highest BCUT2D eigenvalue weighted by Crippen LogP contribution is 2.21. The summed E-state index contributed by atoms with van der Waals surface area (Å²) < 4.78 is 15.3. The molecule has 1 rings (SSSR count). The van der Waals surface area contributed by atoms with Gasteiger partial charge < -0.3 is 19.5 Å². The normalized spacial score (nSPS) is 11.9. The lowest BCUT2D eigenvalue weighted by Gasteiger charge is -2.15. The van der Waals surface area contributed by atoms with Crippen molar-refractivity contribution in [1.29, 1.82) is 0 Å². The summed E-state index contributed by atoms with van der Waals surface area (Å²) in [7, 11) is 1.33. The SMILES string of the molecule is CCOCCO[C@@H](C)C(=O)Nc1cc(C)c(C)c(C(=O)OC)c1. The van der Waals surface area contributed by atoms with Gasteiger partial charge in [-0.2, -0.15) is 0 Å². The van der Waals surface area contributed by atoms with Crippen LogP contribution in [0.4, 0.5) is 5.69 Å². The molecule has 0 heterocycles. The largest absolute Gasteiger partial charge is 0.465 e. The van der Waals surface area contributed by atoms with Crippen LogP contribution in [0.3, 0.4) is 0 Å². The van der Waals surface area contributed by atoms with Crippen LogP contribution in [-0.4, -0.2) is 44.9 Å². The zero-order valence-electron chi connectivity index (χ0n) is 14.4. The number of carbonyl (C=O) groups excluding carboxylic acids is 2. The molecule has 0 saturated heterocycles. The Balaban J connectivity index is 2.74. The molecule has 0 unspecified atom stereocenters. The lowest BCUT2D eigenvalue weighted by Crippen LogP contribution is -2.29. The van der Waals surface area contributed by atoms with E-state index in [0.717, 1.165) is 11.1 Å². The molecular weight excluding hydrogens is 298 g/mol. The van der Waals surface area contributed by atoms with E-state index in [-0.39, 0.29) is 5.91 Å². The second kappa shape index (κ2) is 9.27. The molecule has 6 heteroatoms. The van der Waals surface area contributed by atoms with Crippen LogP contribution in [0.2, 0.25) is 0 Å². The summed E-state index contributed by atoms with van der Waals surface area (Å²) in [6.45, 7) is 8.69. The van der Waals surface area contributed by atoms with E-state index in [9.17, 15) is 9.59 Å². The highest BCUT2D eigenvalue weighted by Gasteiger charge is 2.17. The van der Waals surface area contributed by atoms with Gasteiger partial charge in [0.25, 0.3) is 5.91 Å². The molecule has 1 atom stereocenters. The molecule has 0 saturated carbocycles. The van der Waals surface area contributed by atoms with Gasteiger partial charge in [0.05, 0.1) is 25.9 Å². The number of benzene rings is 1. The van der Waals surface area contributed by atoms with Crippen LogP contribution in [-0.2, 0) is 19.0 Å². The number of anilines is 1.